The Hall–Kier alpha value is -2.61. The third-order valence-corrected chi connectivity index (χ3v) is 1.94. The van der Waals surface area contributed by atoms with Gasteiger partial charge in [-0.25, -0.2) is 0 Å². The van der Waals surface area contributed by atoms with Crippen molar-refractivity contribution in [1.82, 2.24) is 9.97 Å². The van der Waals surface area contributed by atoms with Crippen molar-refractivity contribution in [3.8, 4) is 6.19 Å². The predicted molar refractivity (Wildman–Crippen MR) is 60.2 cm³/mol. The van der Waals surface area contributed by atoms with E-state index in [0.717, 1.165) is 11.4 Å². The lowest BCUT2D eigenvalue weighted by Gasteiger charge is -2.17. The first-order valence-electron chi connectivity index (χ1n) is 4.67. The summed E-state index contributed by atoms with van der Waals surface area (Å²) in [5.74, 6) is 0. The molecule has 2 aromatic heterocycles. The lowest BCUT2D eigenvalue weighted by Crippen LogP contribution is -2.23. The average molecular weight is 211 g/mol. The van der Waals surface area contributed by atoms with Gasteiger partial charge >= 0.3 is 0 Å². The van der Waals surface area contributed by atoms with Crippen LogP contribution in [0.25, 0.3) is 0 Å². The van der Waals surface area contributed by atoms with Gasteiger partial charge in [0.2, 0.25) is 6.19 Å². The zero-order valence-corrected chi connectivity index (χ0v) is 8.41. The van der Waals surface area contributed by atoms with Crippen LogP contribution in [-0.4, -0.2) is 9.97 Å². The van der Waals surface area contributed by atoms with E-state index in [0.29, 0.717) is 0 Å². The van der Waals surface area contributed by atoms with E-state index < -0.39 is 0 Å². The van der Waals surface area contributed by atoms with Gasteiger partial charge in [0.1, 0.15) is 0 Å². The SMILES string of the molecule is N#CN(Nc1ccncc1)c1ccncc1. The van der Waals surface area contributed by atoms with Crippen molar-refractivity contribution in [1.29, 1.82) is 5.26 Å². The molecule has 0 spiro atoms. The standard InChI is InChI=1S/C11H9N5/c12-9-16(11-3-7-14-8-4-11)15-10-1-5-13-6-2-10/h1-8H,(H,13,15). The molecule has 5 nitrogen and oxygen atoms in total. The summed E-state index contributed by atoms with van der Waals surface area (Å²) in [7, 11) is 0. The maximum absolute atomic E-state index is 9.02. The molecular weight excluding hydrogens is 202 g/mol. The third kappa shape index (κ3) is 2.25. The van der Waals surface area contributed by atoms with Crippen molar-refractivity contribution >= 4 is 11.4 Å². The van der Waals surface area contributed by atoms with Gasteiger partial charge in [-0.3, -0.25) is 15.4 Å². The van der Waals surface area contributed by atoms with Crippen molar-refractivity contribution < 1.29 is 0 Å². The highest BCUT2D eigenvalue weighted by Crippen LogP contribution is 2.13. The van der Waals surface area contributed by atoms with E-state index in [1.165, 1.54) is 5.01 Å². The summed E-state index contributed by atoms with van der Waals surface area (Å²) in [6.07, 6.45) is 8.62. The number of rotatable bonds is 3. The number of hydrogen-bond acceptors (Lipinski definition) is 5. The van der Waals surface area contributed by atoms with Crippen LogP contribution in [0.15, 0.2) is 49.1 Å². The van der Waals surface area contributed by atoms with E-state index in [1.807, 2.05) is 6.19 Å². The summed E-state index contributed by atoms with van der Waals surface area (Å²) in [5.41, 5.74) is 4.48. The van der Waals surface area contributed by atoms with Crippen LogP contribution in [0.4, 0.5) is 11.4 Å². The first-order chi connectivity index (χ1) is 7.90. The van der Waals surface area contributed by atoms with E-state index in [9.17, 15) is 0 Å². The lowest BCUT2D eigenvalue weighted by molar-refractivity contribution is 1.14. The van der Waals surface area contributed by atoms with Gasteiger partial charge in [-0.05, 0) is 24.3 Å². The highest BCUT2D eigenvalue weighted by atomic mass is 15.5. The third-order valence-electron chi connectivity index (χ3n) is 1.94. The van der Waals surface area contributed by atoms with Gasteiger partial charge in [-0.1, -0.05) is 0 Å². The van der Waals surface area contributed by atoms with Gasteiger partial charge in [-0.15, -0.1) is 0 Å². The first-order valence-corrected chi connectivity index (χ1v) is 4.67. The molecule has 78 valence electrons. The number of pyridine rings is 2. The zero-order valence-electron chi connectivity index (χ0n) is 8.41. The molecule has 0 saturated carbocycles. The molecule has 0 aliphatic rings. The summed E-state index contributed by atoms with van der Waals surface area (Å²) in [6.45, 7) is 0. The topological polar surface area (TPSA) is 64.8 Å². The number of aromatic nitrogens is 2. The van der Waals surface area contributed by atoms with Crippen LogP contribution < -0.4 is 10.4 Å². The van der Waals surface area contributed by atoms with E-state index in [4.69, 9.17) is 5.26 Å². The zero-order chi connectivity index (χ0) is 11.2. The molecule has 0 fully saturated rings. The van der Waals surface area contributed by atoms with Crippen LogP contribution in [0.3, 0.4) is 0 Å². The predicted octanol–water partition coefficient (Wildman–Crippen LogP) is 1.79. The summed E-state index contributed by atoms with van der Waals surface area (Å²) in [4.78, 5) is 7.80. The van der Waals surface area contributed by atoms with E-state index in [-0.39, 0.29) is 0 Å². The number of hydrogen-bond donors (Lipinski definition) is 1. The molecule has 2 heterocycles. The Morgan fingerprint density at radius 1 is 1.00 bits per heavy atom. The summed E-state index contributed by atoms with van der Waals surface area (Å²) >= 11 is 0. The average Bonchev–Trinajstić information content (AvgIpc) is 2.38. The fourth-order valence-electron chi connectivity index (χ4n) is 1.20. The van der Waals surface area contributed by atoms with Crippen molar-refractivity contribution in [2.75, 3.05) is 10.4 Å². The molecule has 2 aromatic rings. The molecule has 0 amide bonds. The highest BCUT2D eigenvalue weighted by Gasteiger charge is 2.03. The highest BCUT2D eigenvalue weighted by molar-refractivity contribution is 5.56. The number of anilines is 2. The fourth-order valence-corrected chi connectivity index (χ4v) is 1.20. The van der Waals surface area contributed by atoms with Gasteiger partial charge in [0, 0.05) is 24.8 Å². The largest absolute Gasteiger partial charge is 0.285 e. The van der Waals surface area contributed by atoms with Crippen LogP contribution in [-0.2, 0) is 0 Å². The maximum atomic E-state index is 9.02. The van der Waals surface area contributed by atoms with Crippen molar-refractivity contribution in [2.24, 2.45) is 0 Å². The molecular formula is C11H9N5. The fraction of sp³-hybridized carbons (Fsp3) is 0. The quantitative estimate of drug-likeness (QED) is 0.476. The van der Waals surface area contributed by atoms with Crippen molar-refractivity contribution in [3.63, 3.8) is 0 Å². The van der Waals surface area contributed by atoms with Crippen LogP contribution in [0.5, 0.6) is 0 Å². The van der Waals surface area contributed by atoms with E-state index >= 15 is 0 Å². The molecule has 16 heavy (non-hydrogen) atoms. The maximum Gasteiger partial charge on any atom is 0.205 e. The molecule has 0 radical (unpaired) electrons. The minimum Gasteiger partial charge on any atom is -0.285 e. The Labute approximate surface area is 93.0 Å². The number of nitriles is 1. The van der Waals surface area contributed by atoms with Gasteiger partial charge in [0.25, 0.3) is 0 Å². The van der Waals surface area contributed by atoms with Crippen molar-refractivity contribution in [3.05, 3.63) is 49.1 Å². The molecule has 5 heteroatoms. The molecule has 1 N–H and O–H groups in total. The van der Waals surface area contributed by atoms with E-state index in [1.54, 1.807) is 49.1 Å². The Balaban J connectivity index is 2.17. The van der Waals surface area contributed by atoms with E-state index in [2.05, 4.69) is 15.4 Å². The second-order valence-corrected chi connectivity index (χ2v) is 2.99. The Bertz CT molecular complexity index is 477. The molecule has 0 saturated heterocycles. The van der Waals surface area contributed by atoms with Crippen LogP contribution in [0, 0.1) is 11.5 Å². The van der Waals surface area contributed by atoms with Crippen molar-refractivity contribution in [2.45, 2.75) is 0 Å². The van der Waals surface area contributed by atoms with Gasteiger partial charge in [0.05, 0.1) is 11.4 Å². The first kappa shape index (κ1) is 9.93. The molecule has 0 aliphatic carbocycles. The Kier molecular flexibility index (Phi) is 2.95. The Morgan fingerprint density at radius 3 is 2.12 bits per heavy atom. The summed E-state index contributed by atoms with van der Waals surface area (Å²) in [6, 6.07) is 7.06. The second-order valence-electron chi connectivity index (χ2n) is 2.99. The summed E-state index contributed by atoms with van der Waals surface area (Å²) in [5, 5.41) is 10.4. The number of nitrogens with zero attached hydrogens (tertiary/aromatic N) is 4. The summed E-state index contributed by atoms with van der Waals surface area (Å²) < 4.78 is 0. The minimum absolute atomic E-state index is 0.731. The minimum atomic E-state index is 0.731. The lowest BCUT2D eigenvalue weighted by atomic mass is 10.4. The van der Waals surface area contributed by atoms with Crippen LogP contribution in [0.1, 0.15) is 0 Å². The molecule has 0 unspecified atom stereocenters. The van der Waals surface area contributed by atoms with Crippen LogP contribution in [0.2, 0.25) is 0 Å². The number of hydrazine groups is 1. The van der Waals surface area contributed by atoms with Gasteiger partial charge in [-0.2, -0.15) is 10.3 Å². The molecule has 0 bridgehead atoms. The molecule has 0 atom stereocenters. The molecule has 0 aliphatic heterocycles. The normalized spacial score (nSPS) is 9.19. The van der Waals surface area contributed by atoms with Gasteiger partial charge in [0.15, 0.2) is 0 Å². The smallest absolute Gasteiger partial charge is 0.205 e. The number of nitrogens with one attached hydrogen (secondary N) is 1. The van der Waals surface area contributed by atoms with Crippen LogP contribution >= 0.6 is 0 Å². The molecule has 0 aromatic carbocycles. The molecule has 2 rings (SSSR count). The second kappa shape index (κ2) is 4.75. The monoisotopic (exact) mass is 211 g/mol. The van der Waals surface area contributed by atoms with Gasteiger partial charge < -0.3 is 0 Å². The Morgan fingerprint density at radius 2 is 1.56 bits per heavy atom.